The van der Waals surface area contributed by atoms with Crippen LogP contribution < -0.4 is 4.74 Å². The molecular formula is C11H14O4S2. The summed E-state index contributed by atoms with van der Waals surface area (Å²) in [4.78, 5) is 0.209. The summed E-state index contributed by atoms with van der Waals surface area (Å²) in [5.74, 6) is 0.332. The molecule has 0 atom stereocenters. The zero-order chi connectivity index (χ0) is 12.9. The monoisotopic (exact) mass is 274 g/mol. The average molecular weight is 274 g/mol. The molecular weight excluding hydrogens is 260 g/mol. The molecule has 4 nitrogen and oxygen atoms in total. The second-order valence-electron chi connectivity index (χ2n) is 3.24. The molecule has 0 aliphatic rings. The average Bonchev–Trinajstić information content (AvgIpc) is 2.28. The third-order valence-electron chi connectivity index (χ3n) is 2.03. The Labute approximate surface area is 106 Å². The summed E-state index contributed by atoms with van der Waals surface area (Å²) in [7, 11) is -1.91. The Kier molecular flexibility index (Phi) is 4.89. The molecule has 0 radical (unpaired) electrons. The molecule has 0 aliphatic heterocycles. The number of rotatable bonds is 5. The first kappa shape index (κ1) is 13.9. The van der Waals surface area contributed by atoms with Crippen molar-refractivity contribution >= 4 is 27.1 Å². The van der Waals surface area contributed by atoms with Crippen LogP contribution in [0.1, 0.15) is 6.92 Å². The summed E-state index contributed by atoms with van der Waals surface area (Å²) in [6.45, 7) is 2.13. The van der Waals surface area contributed by atoms with Gasteiger partial charge in [-0.2, -0.15) is 0 Å². The summed E-state index contributed by atoms with van der Waals surface area (Å²) in [6.07, 6.45) is 0. The fraction of sp³-hybridized carbons (Fsp3) is 0.364. The maximum Gasteiger partial charge on any atom is 0.186 e. The molecule has 0 fully saturated rings. The van der Waals surface area contributed by atoms with Crippen molar-refractivity contribution in [2.75, 3.05) is 19.5 Å². The van der Waals surface area contributed by atoms with Crippen molar-refractivity contribution < 1.29 is 17.9 Å². The zero-order valence-electron chi connectivity index (χ0n) is 9.67. The number of hydrogen-bond acceptors (Lipinski definition) is 5. The van der Waals surface area contributed by atoms with Gasteiger partial charge in [-0.05, 0) is 43.4 Å². The number of hydrogen-bond donors (Lipinski definition) is 0. The fourth-order valence-corrected chi connectivity index (χ4v) is 2.92. The Bertz CT molecular complexity index is 477. The van der Waals surface area contributed by atoms with Crippen molar-refractivity contribution in [3.63, 3.8) is 0 Å². The van der Waals surface area contributed by atoms with Crippen molar-refractivity contribution in [1.82, 2.24) is 0 Å². The van der Waals surface area contributed by atoms with Gasteiger partial charge in [0.05, 0.1) is 18.6 Å². The predicted octanol–water partition coefficient (Wildman–Crippen LogP) is 1.83. The van der Waals surface area contributed by atoms with Gasteiger partial charge >= 0.3 is 0 Å². The molecule has 0 saturated carbocycles. The van der Waals surface area contributed by atoms with Crippen LogP contribution in [0.25, 0.3) is 0 Å². The maximum absolute atomic E-state index is 11.9. The van der Waals surface area contributed by atoms with Crippen LogP contribution in [0.4, 0.5) is 0 Å². The lowest BCUT2D eigenvalue weighted by atomic mass is 10.3. The molecule has 0 N–H and O–H groups in total. The van der Waals surface area contributed by atoms with Crippen molar-refractivity contribution in [2.24, 2.45) is 0 Å². The molecule has 1 rings (SSSR count). The summed E-state index contributed by atoms with van der Waals surface area (Å²) >= 11 is 4.82. The minimum Gasteiger partial charge on any atom is -0.497 e. The Hall–Kier alpha value is -1.14. The van der Waals surface area contributed by atoms with Gasteiger partial charge < -0.3 is 9.47 Å². The molecule has 0 unspecified atom stereocenters. The van der Waals surface area contributed by atoms with Crippen LogP contribution in [-0.4, -0.2) is 32.9 Å². The van der Waals surface area contributed by atoms with E-state index in [-0.39, 0.29) is 15.7 Å². The molecule has 17 heavy (non-hydrogen) atoms. The van der Waals surface area contributed by atoms with Crippen LogP contribution in [-0.2, 0) is 14.6 Å². The molecule has 0 aromatic heterocycles. The first-order chi connectivity index (χ1) is 7.99. The number of methoxy groups -OCH3 is 1. The van der Waals surface area contributed by atoms with Gasteiger partial charge in [0.25, 0.3) is 0 Å². The van der Waals surface area contributed by atoms with Gasteiger partial charge in [0.1, 0.15) is 11.5 Å². The molecule has 6 heteroatoms. The van der Waals surface area contributed by atoms with Gasteiger partial charge in [0.15, 0.2) is 14.9 Å². The summed E-state index contributed by atoms with van der Waals surface area (Å²) in [6, 6.07) is 6.17. The highest BCUT2D eigenvalue weighted by Crippen LogP contribution is 2.16. The SMILES string of the molecule is CCOC(=S)CS(=O)(=O)c1ccc(OC)cc1. The smallest absolute Gasteiger partial charge is 0.186 e. The summed E-state index contributed by atoms with van der Waals surface area (Å²) in [5.41, 5.74) is 0. The van der Waals surface area contributed by atoms with Crippen molar-refractivity contribution in [3.05, 3.63) is 24.3 Å². The number of thiocarbonyl (C=S) groups is 1. The highest BCUT2D eigenvalue weighted by molar-refractivity contribution is 7.93. The normalized spacial score (nSPS) is 10.9. The van der Waals surface area contributed by atoms with Crippen LogP contribution in [0, 0.1) is 0 Å². The van der Waals surface area contributed by atoms with Crippen molar-refractivity contribution in [2.45, 2.75) is 11.8 Å². The third kappa shape index (κ3) is 3.98. The second-order valence-corrected chi connectivity index (χ2v) is 5.68. The highest BCUT2D eigenvalue weighted by Gasteiger charge is 2.17. The largest absolute Gasteiger partial charge is 0.497 e. The molecule has 0 heterocycles. The van der Waals surface area contributed by atoms with E-state index in [9.17, 15) is 8.42 Å². The van der Waals surface area contributed by atoms with E-state index < -0.39 is 9.84 Å². The Balaban J connectivity index is 2.85. The Morgan fingerprint density at radius 3 is 2.35 bits per heavy atom. The van der Waals surface area contributed by atoms with E-state index in [1.165, 1.54) is 19.2 Å². The summed E-state index contributed by atoms with van der Waals surface area (Å²) in [5, 5.41) is 0.0864. The Morgan fingerprint density at radius 1 is 1.29 bits per heavy atom. The number of sulfone groups is 1. The molecule has 94 valence electrons. The lowest BCUT2D eigenvalue weighted by Gasteiger charge is -2.07. The zero-order valence-corrected chi connectivity index (χ0v) is 11.3. The highest BCUT2D eigenvalue weighted by atomic mass is 32.2. The van der Waals surface area contributed by atoms with Crippen molar-refractivity contribution in [3.8, 4) is 5.75 Å². The first-order valence-corrected chi connectivity index (χ1v) is 7.08. The summed E-state index contributed by atoms with van der Waals surface area (Å²) < 4.78 is 33.7. The van der Waals surface area contributed by atoms with Crippen LogP contribution in [0.3, 0.4) is 0 Å². The van der Waals surface area contributed by atoms with Crippen LogP contribution in [0.2, 0.25) is 0 Å². The first-order valence-electron chi connectivity index (χ1n) is 5.02. The van der Waals surface area contributed by atoms with E-state index in [4.69, 9.17) is 21.7 Å². The third-order valence-corrected chi connectivity index (χ3v) is 4.11. The molecule has 0 spiro atoms. The van der Waals surface area contributed by atoms with E-state index in [0.717, 1.165) is 0 Å². The molecule has 0 bridgehead atoms. The van der Waals surface area contributed by atoms with E-state index >= 15 is 0 Å². The topological polar surface area (TPSA) is 52.6 Å². The van der Waals surface area contributed by atoms with Gasteiger partial charge in [-0.3, -0.25) is 0 Å². The molecule has 0 saturated heterocycles. The molecule has 1 aromatic rings. The quantitative estimate of drug-likeness (QED) is 0.767. The number of ether oxygens (including phenoxy) is 2. The lowest BCUT2D eigenvalue weighted by Crippen LogP contribution is -2.17. The van der Waals surface area contributed by atoms with Crippen LogP contribution in [0.5, 0.6) is 5.75 Å². The van der Waals surface area contributed by atoms with E-state index in [1.54, 1.807) is 19.1 Å². The minimum absolute atomic E-state index is 0.0864. The van der Waals surface area contributed by atoms with Gasteiger partial charge in [-0.1, -0.05) is 0 Å². The molecule has 1 aromatic carbocycles. The van der Waals surface area contributed by atoms with E-state index in [1.807, 2.05) is 0 Å². The van der Waals surface area contributed by atoms with E-state index in [2.05, 4.69) is 0 Å². The molecule has 0 amide bonds. The minimum atomic E-state index is -3.43. The van der Waals surface area contributed by atoms with Gasteiger partial charge in [-0.15, -0.1) is 0 Å². The van der Waals surface area contributed by atoms with Crippen molar-refractivity contribution in [1.29, 1.82) is 0 Å². The maximum atomic E-state index is 11.9. The van der Waals surface area contributed by atoms with Crippen LogP contribution >= 0.6 is 12.2 Å². The van der Waals surface area contributed by atoms with E-state index in [0.29, 0.717) is 12.4 Å². The van der Waals surface area contributed by atoms with Gasteiger partial charge in [0, 0.05) is 0 Å². The fourth-order valence-electron chi connectivity index (χ4n) is 1.22. The molecule has 0 aliphatic carbocycles. The van der Waals surface area contributed by atoms with Crippen LogP contribution in [0.15, 0.2) is 29.2 Å². The standard InChI is InChI=1S/C11H14O4S2/c1-3-15-11(16)8-17(12,13)10-6-4-9(14-2)5-7-10/h4-7H,3,8H2,1-2H3. The lowest BCUT2D eigenvalue weighted by molar-refractivity contribution is 0.334. The second kappa shape index (κ2) is 5.97. The van der Waals surface area contributed by atoms with Gasteiger partial charge in [-0.25, -0.2) is 8.42 Å². The number of benzene rings is 1. The van der Waals surface area contributed by atoms with Gasteiger partial charge in [0.2, 0.25) is 0 Å². The Morgan fingerprint density at radius 2 is 1.88 bits per heavy atom. The predicted molar refractivity (Wildman–Crippen MR) is 69.3 cm³/mol.